The van der Waals surface area contributed by atoms with Crippen molar-refractivity contribution in [2.75, 3.05) is 5.32 Å². The molecule has 0 spiro atoms. The maximum Gasteiger partial charge on any atom is 0.163 e. The zero-order chi connectivity index (χ0) is 13.4. The number of benzene rings is 1. The largest absolute Gasteiger partial charge is 0.339 e. The summed E-state index contributed by atoms with van der Waals surface area (Å²) in [5, 5.41) is 8.53. The van der Waals surface area contributed by atoms with E-state index in [2.05, 4.69) is 52.4 Å². The van der Waals surface area contributed by atoms with Crippen LogP contribution in [0.5, 0.6) is 0 Å². The molecule has 0 aliphatic heterocycles. The predicted molar refractivity (Wildman–Crippen MR) is 75.5 cm³/mol. The average Bonchev–Trinajstić information content (AvgIpc) is 2.77. The molecular formula is C14H15N5. The molecule has 3 aromatic rings. The quantitative estimate of drug-likeness (QED) is 0.763. The summed E-state index contributed by atoms with van der Waals surface area (Å²) in [4.78, 5) is 8.56. The first-order valence-corrected chi connectivity index (χ1v) is 6.13. The van der Waals surface area contributed by atoms with E-state index in [1.165, 1.54) is 11.1 Å². The van der Waals surface area contributed by atoms with E-state index < -0.39 is 0 Å². The molecule has 19 heavy (non-hydrogen) atoms. The summed E-state index contributed by atoms with van der Waals surface area (Å²) in [6, 6.07) is 6.21. The number of aromatic nitrogens is 4. The topological polar surface area (TPSA) is 55.6 Å². The van der Waals surface area contributed by atoms with Crippen LogP contribution < -0.4 is 5.32 Å². The van der Waals surface area contributed by atoms with Gasteiger partial charge in [0, 0.05) is 12.7 Å². The van der Waals surface area contributed by atoms with Crippen LogP contribution >= 0.6 is 0 Å². The smallest absolute Gasteiger partial charge is 0.163 e. The van der Waals surface area contributed by atoms with Crippen molar-refractivity contribution in [3.05, 3.63) is 41.9 Å². The Morgan fingerprint density at radius 3 is 2.58 bits per heavy atom. The maximum atomic E-state index is 4.32. The Bertz CT molecular complexity index is 724. The lowest BCUT2D eigenvalue weighted by molar-refractivity contribution is 0.785. The molecule has 1 N–H and O–H groups in total. The standard InChI is InChI=1S/C14H15N5/c1-9-5-4-6-10(2)12(9)18-13-11-7-17-19(3)14(11)16-8-15-13/h4-8H,1-3H3,(H,15,16,18). The summed E-state index contributed by atoms with van der Waals surface area (Å²) in [6.07, 6.45) is 3.34. The van der Waals surface area contributed by atoms with Gasteiger partial charge >= 0.3 is 0 Å². The summed E-state index contributed by atoms with van der Waals surface area (Å²) in [5.41, 5.74) is 4.29. The Kier molecular flexibility index (Phi) is 2.67. The fraction of sp³-hybridized carbons (Fsp3) is 0.214. The van der Waals surface area contributed by atoms with E-state index in [1.807, 2.05) is 7.05 Å². The zero-order valence-corrected chi connectivity index (χ0v) is 11.2. The minimum atomic E-state index is 0.788. The summed E-state index contributed by atoms with van der Waals surface area (Å²) < 4.78 is 1.74. The second-order valence-electron chi connectivity index (χ2n) is 4.62. The van der Waals surface area contributed by atoms with Crippen molar-refractivity contribution < 1.29 is 0 Å². The van der Waals surface area contributed by atoms with Crippen molar-refractivity contribution in [2.45, 2.75) is 13.8 Å². The summed E-state index contributed by atoms with van der Waals surface area (Å²) in [5.74, 6) is 0.788. The van der Waals surface area contributed by atoms with Gasteiger partial charge in [0.25, 0.3) is 0 Å². The Morgan fingerprint density at radius 2 is 1.84 bits per heavy atom. The highest BCUT2D eigenvalue weighted by molar-refractivity contribution is 5.88. The molecule has 0 unspecified atom stereocenters. The molecular weight excluding hydrogens is 238 g/mol. The van der Waals surface area contributed by atoms with E-state index in [4.69, 9.17) is 0 Å². The second kappa shape index (κ2) is 4.35. The first-order chi connectivity index (χ1) is 9.16. The fourth-order valence-electron chi connectivity index (χ4n) is 2.19. The van der Waals surface area contributed by atoms with Crippen LogP contribution in [0.25, 0.3) is 11.0 Å². The van der Waals surface area contributed by atoms with Gasteiger partial charge < -0.3 is 5.32 Å². The van der Waals surface area contributed by atoms with Crippen molar-refractivity contribution in [3.8, 4) is 0 Å². The van der Waals surface area contributed by atoms with Crippen molar-refractivity contribution in [1.82, 2.24) is 19.7 Å². The van der Waals surface area contributed by atoms with Gasteiger partial charge in [-0.25, -0.2) is 9.97 Å². The Balaban J connectivity index is 2.11. The number of hydrogen-bond donors (Lipinski definition) is 1. The highest BCUT2D eigenvalue weighted by atomic mass is 15.3. The molecule has 0 fully saturated rings. The lowest BCUT2D eigenvalue weighted by atomic mass is 10.1. The molecule has 3 rings (SSSR count). The molecule has 96 valence electrons. The number of hydrogen-bond acceptors (Lipinski definition) is 4. The number of rotatable bonds is 2. The first-order valence-electron chi connectivity index (χ1n) is 6.13. The van der Waals surface area contributed by atoms with E-state index in [0.717, 1.165) is 22.5 Å². The number of para-hydroxylation sites is 1. The van der Waals surface area contributed by atoms with E-state index in [-0.39, 0.29) is 0 Å². The molecule has 0 atom stereocenters. The summed E-state index contributed by atoms with van der Waals surface area (Å²) in [7, 11) is 1.87. The van der Waals surface area contributed by atoms with E-state index >= 15 is 0 Å². The van der Waals surface area contributed by atoms with Gasteiger partial charge in [-0.05, 0) is 25.0 Å². The van der Waals surface area contributed by atoms with Gasteiger partial charge in [0.1, 0.15) is 12.1 Å². The van der Waals surface area contributed by atoms with E-state index in [0.29, 0.717) is 0 Å². The van der Waals surface area contributed by atoms with Gasteiger partial charge in [-0.1, -0.05) is 18.2 Å². The molecule has 2 aromatic heterocycles. The minimum Gasteiger partial charge on any atom is -0.339 e. The fourth-order valence-corrected chi connectivity index (χ4v) is 2.19. The predicted octanol–water partition coefficient (Wildman–Crippen LogP) is 2.72. The number of anilines is 2. The van der Waals surface area contributed by atoms with Gasteiger partial charge in [0.15, 0.2) is 5.65 Å². The van der Waals surface area contributed by atoms with Gasteiger partial charge in [-0.3, -0.25) is 4.68 Å². The molecule has 1 aromatic carbocycles. The summed E-state index contributed by atoms with van der Waals surface area (Å²) in [6.45, 7) is 4.16. The first kappa shape index (κ1) is 11.6. The molecule has 0 saturated carbocycles. The SMILES string of the molecule is Cc1cccc(C)c1Nc1ncnc2c1cnn2C. The Hall–Kier alpha value is -2.43. The number of aryl methyl sites for hydroxylation is 3. The van der Waals surface area contributed by atoms with Gasteiger partial charge in [0.05, 0.1) is 11.6 Å². The molecule has 5 nitrogen and oxygen atoms in total. The second-order valence-corrected chi connectivity index (χ2v) is 4.62. The Labute approximate surface area is 111 Å². The van der Waals surface area contributed by atoms with Crippen LogP contribution in [-0.4, -0.2) is 19.7 Å². The maximum absolute atomic E-state index is 4.32. The third-order valence-corrected chi connectivity index (χ3v) is 3.25. The lowest BCUT2D eigenvalue weighted by Gasteiger charge is -2.12. The van der Waals surface area contributed by atoms with Gasteiger partial charge in [0.2, 0.25) is 0 Å². The van der Waals surface area contributed by atoms with Crippen LogP contribution in [0.4, 0.5) is 11.5 Å². The molecule has 0 radical (unpaired) electrons. The molecule has 2 heterocycles. The highest BCUT2D eigenvalue weighted by Crippen LogP contribution is 2.26. The molecule has 0 saturated heterocycles. The molecule has 5 heteroatoms. The van der Waals surface area contributed by atoms with E-state index in [1.54, 1.807) is 17.2 Å². The van der Waals surface area contributed by atoms with Gasteiger partial charge in [-0.2, -0.15) is 5.10 Å². The van der Waals surface area contributed by atoms with Crippen LogP contribution in [0.15, 0.2) is 30.7 Å². The molecule has 0 aliphatic carbocycles. The zero-order valence-electron chi connectivity index (χ0n) is 11.2. The van der Waals surface area contributed by atoms with E-state index in [9.17, 15) is 0 Å². The van der Waals surface area contributed by atoms with Crippen molar-refractivity contribution in [3.63, 3.8) is 0 Å². The third-order valence-electron chi connectivity index (χ3n) is 3.25. The van der Waals surface area contributed by atoms with Gasteiger partial charge in [-0.15, -0.1) is 0 Å². The summed E-state index contributed by atoms with van der Waals surface area (Å²) >= 11 is 0. The van der Waals surface area contributed by atoms with Crippen LogP contribution in [-0.2, 0) is 7.05 Å². The van der Waals surface area contributed by atoms with Crippen molar-refractivity contribution >= 4 is 22.5 Å². The minimum absolute atomic E-state index is 0.788. The van der Waals surface area contributed by atoms with Crippen LogP contribution in [0.3, 0.4) is 0 Å². The highest BCUT2D eigenvalue weighted by Gasteiger charge is 2.09. The monoisotopic (exact) mass is 253 g/mol. The lowest BCUT2D eigenvalue weighted by Crippen LogP contribution is -2.00. The normalized spacial score (nSPS) is 10.9. The van der Waals surface area contributed by atoms with Crippen LogP contribution in [0.1, 0.15) is 11.1 Å². The molecule has 0 amide bonds. The number of fused-ring (bicyclic) bond motifs is 1. The third kappa shape index (κ3) is 1.93. The number of nitrogens with zero attached hydrogens (tertiary/aromatic N) is 4. The van der Waals surface area contributed by atoms with Crippen LogP contribution in [0, 0.1) is 13.8 Å². The van der Waals surface area contributed by atoms with Crippen molar-refractivity contribution in [1.29, 1.82) is 0 Å². The molecule has 0 aliphatic rings. The van der Waals surface area contributed by atoms with Crippen LogP contribution in [0.2, 0.25) is 0 Å². The average molecular weight is 253 g/mol. The molecule has 0 bridgehead atoms. The van der Waals surface area contributed by atoms with Crippen molar-refractivity contribution in [2.24, 2.45) is 7.05 Å². The number of nitrogens with one attached hydrogen (secondary N) is 1. The Morgan fingerprint density at radius 1 is 1.11 bits per heavy atom.